The molecule has 0 spiro atoms. The molecule has 4 aliphatic carbocycles. The van der Waals surface area contributed by atoms with Gasteiger partial charge in [0.15, 0.2) is 0 Å². The summed E-state index contributed by atoms with van der Waals surface area (Å²) in [6, 6.07) is 0. The third-order valence-electron chi connectivity index (χ3n) is 6.18. The van der Waals surface area contributed by atoms with Crippen LogP contribution in [0.3, 0.4) is 0 Å². The zero-order chi connectivity index (χ0) is 17.2. The highest BCUT2D eigenvalue weighted by molar-refractivity contribution is 5.85. The van der Waals surface area contributed by atoms with E-state index in [4.69, 9.17) is 0 Å². The molecule has 0 fully saturated rings. The molecule has 130 valence electrons. The molecule has 25 heavy (non-hydrogen) atoms. The van der Waals surface area contributed by atoms with Crippen molar-refractivity contribution < 1.29 is 4.79 Å². The van der Waals surface area contributed by atoms with Crippen LogP contribution >= 0.6 is 0 Å². The van der Waals surface area contributed by atoms with E-state index in [2.05, 4.69) is 49.5 Å². The number of carbonyl (C=O) groups is 1. The number of hydrogen-bond acceptors (Lipinski definition) is 1. The first-order chi connectivity index (χ1) is 12.2. The van der Waals surface area contributed by atoms with Crippen LogP contribution in [0.15, 0.2) is 70.4 Å². The van der Waals surface area contributed by atoms with Crippen LogP contribution in [0, 0.1) is 11.8 Å². The number of hydrogen-bond donors (Lipinski definition) is 0. The Hall–Kier alpha value is -1.89. The average Bonchev–Trinajstić information content (AvgIpc) is 3.38. The fourth-order valence-corrected chi connectivity index (χ4v) is 4.72. The van der Waals surface area contributed by atoms with Gasteiger partial charge < -0.3 is 0 Å². The molecule has 0 heterocycles. The summed E-state index contributed by atoms with van der Waals surface area (Å²) in [6.45, 7) is 2.19. The Morgan fingerprint density at radius 1 is 1.20 bits per heavy atom. The van der Waals surface area contributed by atoms with Gasteiger partial charge in [-0.2, -0.15) is 0 Å². The molecular formula is C24H28O. The van der Waals surface area contributed by atoms with Crippen LogP contribution in [-0.4, -0.2) is 5.78 Å². The first kappa shape index (κ1) is 16.6. The Bertz CT molecular complexity index is 751. The van der Waals surface area contributed by atoms with Gasteiger partial charge >= 0.3 is 0 Å². The number of ketones is 1. The standard InChI is InChI=1S/C24H28O/c1-17-10-12-20(14-17)21-15-22(19-8-4-5-9-19)23(16-21)24(25)13-11-18-6-2-3-7-18/h4-6,8,10,12,16,22-23H,2-3,7,9,11,13-15H2,1H3. The fourth-order valence-electron chi connectivity index (χ4n) is 4.72. The van der Waals surface area contributed by atoms with Gasteiger partial charge in [-0.15, -0.1) is 0 Å². The molecule has 2 atom stereocenters. The number of allylic oxidation sites excluding steroid dienone is 12. The van der Waals surface area contributed by atoms with Crippen molar-refractivity contribution in [1.29, 1.82) is 0 Å². The highest BCUT2D eigenvalue weighted by Crippen LogP contribution is 2.44. The van der Waals surface area contributed by atoms with Gasteiger partial charge in [-0.05, 0) is 68.9 Å². The smallest absolute Gasteiger partial charge is 0.140 e. The minimum absolute atomic E-state index is 0.0879. The summed E-state index contributed by atoms with van der Waals surface area (Å²) >= 11 is 0. The molecule has 0 saturated carbocycles. The first-order valence-electron chi connectivity index (χ1n) is 9.84. The monoisotopic (exact) mass is 332 g/mol. The van der Waals surface area contributed by atoms with Crippen molar-refractivity contribution in [1.82, 2.24) is 0 Å². The fraction of sp³-hybridized carbons (Fsp3) is 0.458. The van der Waals surface area contributed by atoms with Crippen LogP contribution in [0.5, 0.6) is 0 Å². The van der Waals surface area contributed by atoms with Gasteiger partial charge in [0.25, 0.3) is 0 Å². The van der Waals surface area contributed by atoms with Crippen LogP contribution in [0.2, 0.25) is 0 Å². The molecule has 0 aromatic heterocycles. The van der Waals surface area contributed by atoms with Gasteiger partial charge in [-0.25, -0.2) is 0 Å². The van der Waals surface area contributed by atoms with E-state index in [-0.39, 0.29) is 5.92 Å². The molecule has 0 aliphatic heterocycles. The van der Waals surface area contributed by atoms with E-state index in [1.54, 1.807) is 0 Å². The maximum absolute atomic E-state index is 13.0. The van der Waals surface area contributed by atoms with Gasteiger partial charge in [0.2, 0.25) is 0 Å². The number of carbonyl (C=O) groups excluding carboxylic acids is 1. The summed E-state index contributed by atoms with van der Waals surface area (Å²) in [5.41, 5.74) is 7.24. The summed E-state index contributed by atoms with van der Waals surface area (Å²) in [5, 5.41) is 0. The third-order valence-corrected chi connectivity index (χ3v) is 6.18. The quantitative estimate of drug-likeness (QED) is 0.531. The second-order valence-corrected chi connectivity index (χ2v) is 8.00. The summed E-state index contributed by atoms with van der Waals surface area (Å²) in [5.74, 6) is 0.922. The second-order valence-electron chi connectivity index (χ2n) is 8.00. The van der Waals surface area contributed by atoms with Crippen molar-refractivity contribution in [3.8, 4) is 0 Å². The lowest BCUT2D eigenvalue weighted by Gasteiger charge is -2.20. The molecule has 1 nitrogen and oxygen atoms in total. The van der Waals surface area contributed by atoms with Crippen LogP contribution in [0.25, 0.3) is 0 Å². The average molecular weight is 332 g/mol. The van der Waals surface area contributed by atoms with Crippen molar-refractivity contribution in [2.75, 3.05) is 0 Å². The maximum Gasteiger partial charge on any atom is 0.140 e. The topological polar surface area (TPSA) is 17.1 Å². The molecule has 1 heteroatoms. The van der Waals surface area contributed by atoms with E-state index in [1.165, 1.54) is 47.1 Å². The Balaban J connectivity index is 1.48. The minimum atomic E-state index is 0.0879. The van der Waals surface area contributed by atoms with Crippen LogP contribution in [-0.2, 0) is 4.79 Å². The van der Waals surface area contributed by atoms with E-state index < -0.39 is 0 Å². The lowest BCUT2D eigenvalue weighted by Crippen LogP contribution is -2.20. The van der Waals surface area contributed by atoms with Crippen molar-refractivity contribution in [3.05, 3.63) is 70.4 Å². The lowest BCUT2D eigenvalue weighted by molar-refractivity contribution is -0.122. The van der Waals surface area contributed by atoms with E-state index in [0.29, 0.717) is 18.1 Å². The van der Waals surface area contributed by atoms with Crippen molar-refractivity contribution >= 4 is 5.78 Å². The largest absolute Gasteiger partial charge is 0.299 e. The molecule has 0 aromatic carbocycles. The molecular weight excluding hydrogens is 304 g/mol. The van der Waals surface area contributed by atoms with Crippen molar-refractivity contribution in [3.63, 3.8) is 0 Å². The van der Waals surface area contributed by atoms with E-state index in [1.807, 2.05) is 0 Å². The maximum atomic E-state index is 13.0. The van der Waals surface area contributed by atoms with Crippen LogP contribution in [0.4, 0.5) is 0 Å². The summed E-state index contributed by atoms with van der Waals surface area (Å²) < 4.78 is 0. The van der Waals surface area contributed by atoms with Crippen LogP contribution < -0.4 is 0 Å². The Morgan fingerprint density at radius 2 is 2.12 bits per heavy atom. The van der Waals surface area contributed by atoms with Crippen LogP contribution in [0.1, 0.15) is 58.3 Å². The third kappa shape index (κ3) is 3.56. The zero-order valence-corrected chi connectivity index (χ0v) is 15.3. The highest BCUT2D eigenvalue weighted by atomic mass is 16.1. The highest BCUT2D eigenvalue weighted by Gasteiger charge is 2.35. The van der Waals surface area contributed by atoms with E-state index >= 15 is 0 Å². The SMILES string of the molecule is CC1=CC=C(C2=CC(C(=O)CCC3=CCCC3)C(C3=CC=CC3)C2)C1. The first-order valence-corrected chi connectivity index (χ1v) is 9.84. The van der Waals surface area contributed by atoms with Gasteiger partial charge in [-0.1, -0.05) is 59.3 Å². The molecule has 0 bridgehead atoms. The van der Waals surface area contributed by atoms with Gasteiger partial charge in [0.1, 0.15) is 5.78 Å². The summed E-state index contributed by atoms with van der Waals surface area (Å²) in [6.07, 6.45) is 24.3. The Kier molecular flexibility index (Phi) is 4.74. The Morgan fingerprint density at radius 3 is 2.80 bits per heavy atom. The van der Waals surface area contributed by atoms with Gasteiger partial charge in [-0.3, -0.25) is 4.79 Å². The van der Waals surface area contributed by atoms with Gasteiger partial charge in [0.05, 0.1) is 0 Å². The summed E-state index contributed by atoms with van der Waals surface area (Å²) in [4.78, 5) is 13.0. The molecule has 0 radical (unpaired) electrons. The predicted octanol–water partition coefficient (Wildman–Crippen LogP) is 6.17. The van der Waals surface area contributed by atoms with Gasteiger partial charge in [0, 0.05) is 12.3 Å². The lowest BCUT2D eigenvalue weighted by atomic mass is 9.83. The number of Topliss-reactive ketones (excluding diaryl/α,β-unsaturated/α-hetero) is 1. The minimum Gasteiger partial charge on any atom is -0.299 e. The molecule has 4 rings (SSSR count). The molecule has 0 amide bonds. The van der Waals surface area contributed by atoms with E-state index in [9.17, 15) is 4.79 Å². The molecule has 0 saturated heterocycles. The predicted molar refractivity (Wildman–Crippen MR) is 104 cm³/mol. The molecule has 4 aliphatic rings. The normalized spacial score (nSPS) is 28.0. The molecule has 0 N–H and O–H groups in total. The van der Waals surface area contributed by atoms with E-state index in [0.717, 1.165) is 25.7 Å². The Labute approximate surface area is 151 Å². The number of rotatable bonds is 6. The van der Waals surface area contributed by atoms with Crippen molar-refractivity contribution in [2.24, 2.45) is 11.8 Å². The summed E-state index contributed by atoms with van der Waals surface area (Å²) in [7, 11) is 0. The van der Waals surface area contributed by atoms with Crippen molar-refractivity contribution in [2.45, 2.75) is 58.3 Å². The zero-order valence-electron chi connectivity index (χ0n) is 15.3. The second kappa shape index (κ2) is 7.15. The molecule has 0 aromatic rings. The molecule has 2 unspecified atom stereocenters.